The molecule has 0 spiro atoms. The van der Waals surface area contributed by atoms with Crippen molar-refractivity contribution in [3.8, 4) is 0 Å². The van der Waals surface area contributed by atoms with Crippen molar-refractivity contribution in [3.63, 3.8) is 0 Å². The van der Waals surface area contributed by atoms with Crippen molar-refractivity contribution in [2.24, 2.45) is 0 Å². The number of carbonyl (C=O) groups excluding carboxylic acids is 3. The third-order valence-electron chi connectivity index (χ3n) is 2.43. The van der Waals surface area contributed by atoms with E-state index >= 15 is 0 Å². The highest BCUT2D eigenvalue weighted by molar-refractivity contribution is 6.40. The van der Waals surface area contributed by atoms with Gasteiger partial charge in [-0.05, 0) is 37.6 Å². The van der Waals surface area contributed by atoms with E-state index in [0.29, 0.717) is 17.3 Å². The van der Waals surface area contributed by atoms with Crippen molar-refractivity contribution in [2.75, 3.05) is 18.4 Å². The van der Waals surface area contributed by atoms with Gasteiger partial charge in [-0.3, -0.25) is 14.4 Å². The number of anilines is 1. The fraction of sp³-hybridized carbons (Fsp3) is 0.308. The van der Waals surface area contributed by atoms with Crippen LogP contribution in [-0.2, 0) is 14.4 Å². The average Bonchev–Trinajstić information content (AvgIpc) is 2.39. The number of likely N-dealkylation sites (N-methyl/N-ethyl adjacent to an activating group) is 1. The molecule has 1 aromatic carbocycles. The summed E-state index contributed by atoms with van der Waals surface area (Å²) in [6.07, 6.45) is 0. The zero-order valence-corrected chi connectivity index (χ0v) is 12.0. The van der Waals surface area contributed by atoms with Crippen LogP contribution in [0, 0.1) is 6.92 Å². The fourth-order valence-corrected chi connectivity index (χ4v) is 1.67. The molecule has 1 aromatic rings. The third-order valence-corrected chi connectivity index (χ3v) is 2.66. The van der Waals surface area contributed by atoms with Gasteiger partial charge >= 0.3 is 11.8 Å². The first kappa shape index (κ1) is 16.0. The Kier molecular flexibility index (Phi) is 5.99. The van der Waals surface area contributed by atoms with Gasteiger partial charge in [0.05, 0.1) is 6.54 Å². The van der Waals surface area contributed by atoms with Gasteiger partial charge in [0.1, 0.15) is 0 Å². The molecule has 3 amide bonds. The molecule has 0 saturated carbocycles. The molecule has 0 aliphatic rings. The van der Waals surface area contributed by atoms with E-state index in [2.05, 4.69) is 16.0 Å². The number of hydrogen-bond donors (Lipinski definition) is 3. The highest BCUT2D eigenvalue weighted by Gasteiger charge is 2.15. The van der Waals surface area contributed by atoms with Crippen molar-refractivity contribution < 1.29 is 14.4 Å². The lowest BCUT2D eigenvalue weighted by atomic mass is 10.2. The largest absolute Gasteiger partial charge is 0.355 e. The van der Waals surface area contributed by atoms with Crippen LogP contribution in [0.1, 0.15) is 12.5 Å². The minimum Gasteiger partial charge on any atom is -0.355 e. The third kappa shape index (κ3) is 4.89. The predicted octanol–water partition coefficient (Wildman–Crippen LogP) is 0.839. The number of carbonyl (C=O) groups is 3. The molecular formula is C13H16ClN3O3. The fourth-order valence-electron chi connectivity index (χ4n) is 1.45. The van der Waals surface area contributed by atoms with Crippen LogP contribution in [0.15, 0.2) is 18.2 Å². The summed E-state index contributed by atoms with van der Waals surface area (Å²) in [5.74, 6) is -2.05. The topological polar surface area (TPSA) is 87.3 Å². The van der Waals surface area contributed by atoms with Crippen LogP contribution in [0.25, 0.3) is 0 Å². The number of amides is 3. The molecule has 0 bridgehead atoms. The molecule has 0 atom stereocenters. The number of aryl methyl sites for hydroxylation is 1. The average molecular weight is 298 g/mol. The summed E-state index contributed by atoms with van der Waals surface area (Å²) >= 11 is 5.79. The Morgan fingerprint density at radius 1 is 1.15 bits per heavy atom. The van der Waals surface area contributed by atoms with Crippen LogP contribution in [0.2, 0.25) is 5.02 Å². The second-order valence-corrected chi connectivity index (χ2v) is 4.49. The summed E-state index contributed by atoms with van der Waals surface area (Å²) < 4.78 is 0. The molecule has 1 rings (SSSR count). The van der Waals surface area contributed by atoms with Gasteiger partial charge in [0, 0.05) is 17.3 Å². The summed E-state index contributed by atoms with van der Waals surface area (Å²) in [5.41, 5.74) is 1.23. The molecule has 0 fully saturated rings. The second-order valence-electron chi connectivity index (χ2n) is 4.05. The lowest BCUT2D eigenvalue weighted by Crippen LogP contribution is -2.41. The number of benzene rings is 1. The minimum absolute atomic E-state index is 0.236. The van der Waals surface area contributed by atoms with Gasteiger partial charge < -0.3 is 16.0 Å². The Labute approximate surface area is 121 Å². The van der Waals surface area contributed by atoms with Crippen molar-refractivity contribution >= 4 is 35.0 Å². The number of halogens is 1. The van der Waals surface area contributed by atoms with E-state index in [1.54, 1.807) is 32.0 Å². The van der Waals surface area contributed by atoms with E-state index in [9.17, 15) is 14.4 Å². The number of nitrogens with one attached hydrogen (secondary N) is 3. The van der Waals surface area contributed by atoms with Gasteiger partial charge in [-0.15, -0.1) is 0 Å². The summed E-state index contributed by atoms with van der Waals surface area (Å²) in [5, 5.41) is 7.73. The Morgan fingerprint density at radius 3 is 2.45 bits per heavy atom. The summed E-state index contributed by atoms with van der Waals surface area (Å²) in [6.45, 7) is 3.74. The van der Waals surface area contributed by atoms with E-state index < -0.39 is 11.8 Å². The molecule has 20 heavy (non-hydrogen) atoms. The molecule has 0 aliphatic carbocycles. The van der Waals surface area contributed by atoms with Gasteiger partial charge in [0.2, 0.25) is 5.91 Å². The van der Waals surface area contributed by atoms with Crippen LogP contribution >= 0.6 is 11.6 Å². The Hall–Kier alpha value is -2.08. The summed E-state index contributed by atoms with van der Waals surface area (Å²) in [7, 11) is 0. The number of hydrogen-bond acceptors (Lipinski definition) is 3. The van der Waals surface area contributed by atoms with Gasteiger partial charge in [-0.1, -0.05) is 11.6 Å². The minimum atomic E-state index is -0.870. The van der Waals surface area contributed by atoms with E-state index in [-0.39, 0.29) is 12.5 Å². The highest BCUT2D eigenvalue weighted by Crippen LogP contribution is 2.19. The molecule has 0 radical (unpaired) electrons. The van der Waals surface area contributed by atoms with E-state index in [1.807, 2.05) is 0 Å². The first-order valence-electron chi connectivity index (χ1n) is 6.06. The maximum atomic E-state index is 11.6. The van der Waals surface area contributed by atoms with E-state index in [0.717, 1.165) is 5.56 Å². The van der Waals surface area contributed by atoms with E-state index in [4.69, 9.17) is 11.6 Å². The van der Waals surface area contributed by atoms with Crippen LogP contribution in [0.5, 0.6) is 0 Å². The first-order valence-corrected chi connectivity index (χ1v) is 6.44. The molecule has 7 heteroatoms. The monoisotopic (exact) mass is 297 g/mol. The van der Waals surface area contributed by atoms with Gasteiger partial charge in [0.25, 0.3) is 0 Å². The Morgan fingerprint density at radius 2 is 1.85 bits per heavy atom. The summed E-state index contributed by atoms with van der Waals surface area (Å²) in [4.78, 5) is 34.3. The van der Waals surface area contributed by atoms with Gasteiger partial charge in [0.15, 0.2) is 0 Å². The molecule has 0 aromatic heterocycles. The Bertz CT molecular complexity index is 532. The summed E-state index contributed by atoms with van der Waals surface area (Å²) in [6, 6.07) is 4.88. The SMILES string of the molecule is CCNC(=O)CNC(=O)C(=O)Nc1ccc(Cl)cc1C. The lowest BCUT2D eigenvalue weighted by Gasteiger charge is -2.09. The molecule has 0 heterocycles. The second kappa shape index (κ2) is 7.49. The standard InChI is InChI=1S/C13H16ClN3O3/c1-3-15-11(18)7-16-12(19)13(20)17-10-5-4-9(14)6-8(10)2/h4-6H,3,7H2,1-2H3,(H,15,18)(H,16,19)(H,17,20). The Balaban J connectivity index is 2.53. The molecule has 6 nitrogen and oxygen atoms in total. The van der Waals surface area contributed by atoms with Crippen LogP contribution in [0.3, 0.4) is 0 Å². The predicted molar refractivity (Wildman–Crippen MR) is 76.5 cm³/mol. The van der Waals surface area contributed by atoms with Gasteiger partial charge in [-0.2, -0.15) is 0 Å². The quantitative estimate of drug-likeness (QED) is 0.720. The normalized spacial score (nSPS) is 9.75. The highest BCUT2D eigenvalue weighted by atomic mass is 35.5. The van der Waals surface area contributed by atoms with Crippen LogP contribution < -0.4 is 16.0 Å². The molecule has 0 saturated heterocycles. The van der Waals surface area contributed by atoms with Crippen molar-refractivity contribution in [1.82, 2.24) is 10.6 Å². The smallest absolute Gasteiger partial charge is 0.313 e. The van der Waals surface area contributed by atoms with Crippen molar-refractivity contribution in [3.05, 3.63) is 28.8 Å². The lowest BCUT2D eigenvalue weighted by molar-refractivity contribution is -0.136. The van der Waals surface area contributed by atoms with Crippen molar-refractivity contribution in [1.29, 1.82) is 0 Å². The zero-order chi connectivity index (χ0) is 15.1. The zero-order valence-electron chi connectivity index (χ0n) is 11.2. The molecule has 0 aliphatic heterocycles. The first-order chi connectivity index (χ1) is 9.43. The maximum absolute atomic E-state index is 11.6. The van der Waals surface area contributed by atoms with Crippen LogP contribution in [-0.4, -0.2) is 30.8 Å². The van der Waals surface area contributed by atoms with Crippen molar-refractivity contribution in [2.45, 2.75) is 13.8 Å². The van der Waals surface area contributed by atoms with E-state index in [1.165, 1.54) is 0 Å². The molecule has 108 valence electrons. The maximum Gasteiger partial charge on any atom is 0.313 e. The molecular weight excluding hydrogens is 282 g/mol. The van der Waals surface area contributed by atoms with Crippen LogP contribution in [0.4, 0.5) is 5.69 Å². The van der Waals surface area contributed by atoms with Gasteiger partial charge in [-0.25, -0.2) is 0 Å². The molecule has 3 N–H and O–H groups in total. The number of rotatable bonds is 4. The molecule has 0 unspecified atom stereocenters.